The molecule has 1 fully saturated rings. The third-order valence-electron chi connectivity index (χ3n) is 4.93. The van der Waals surface area contributed by atoms with E-state index < -0.39 is 11.5 Å². The molecule has 5 nitrogen and oxygen atoms in total. The van der Waals surface area contributed by atoms with Crippen LogP contribution in [-0.2, 0) is 6.42 Å². The van der Waals surface area contributed by atoms with Gasteiger partial charge >= 0.3 is 0 Å². The minimum atomic E-state index is -0.731. The lowest BCUT2D eigenvalue weighted by atomic mass is 9.85. The monoisotopic (exact) mass is 327 g/mol. The van der Waals surface area contributed by atoms with Crippen LogP contribution in [0.1, 0.15) is 60.1 Å². The van der Waals surface area contributed by atoms with Crippen molar-refractivity contribution in [3.05, 3.63) is 41.1 Å². The molecule has 1 saturated carbocycles. The molecule has 3 rings (SSSR count). The van der Waals surface area contributed by atoms with E-state index in [2.05, 4.69) is 10.2 Å². The standard InChI is InChI=1S/C19H25N3O2/c1-13-10-17(22-21-13)14-6-7-15(16(11-14)18(20)23)12-19(24)8-4-2-3-5-9-19/h6-7,10-11,24H,2-5,8-9,12H2,1H3,(H2,20,23)(H,21,22). The first-order chi connectivity index (χ1) is 11.5. The van der Waals surface area contributed by atoms with Crippen molar-refractivity contribution in [2.24, 2.45) is 5.73 Å². The van der Waals surface area contributed by atoms with E-state index in [1.807, 2.05) is 25.1 Å². The summed E-state index contributed by atoms with van der Waals surface area (Å²) < 4.78 is 0. The predicted molar refractivity (Wildman–Crippen MR) is 93.6 cm³/mol. The fraction of sp³-hybridized carbons (Fsp3) is 0.474. The van der Waals surface area contributed by atoms with Crippen molar-refractivity contribution < 1.29 is 9.90 Å². The van der Waals surface area contributed by atoms with Gasteiger partial charge in [0.15, 0.2) is 0 Å². The number of carbonyl (C=O) groups excluding carboxylic acids is 1. The first-order valence-electron chi connectivity index (χ1n) is 8.64. The number of benzene rings is 1. The number of aryl methyl sites for hydroxylation is 1. The van der Waals surface area contributed by atoms with E-state index in [0.29, 0.717) is 12.0 Å². The first kappa shape index (κ1) is 16.7. The van der Waals surface area contributed by atoms with E-state index in [1.54, 1.807) is 6.07 Å². The van der Waals surface area contributed by atoms with Crippen LogP contribution in [0, 0.1) is 6.92 Å². The fourth-order valence-electron chi connectivity index (χ4n) is 3.60. The number of hydrogen-bond donors (Lipinski definition) is 3. The average Bonchev–Trinajstić information content (AvgIpc) is 2.86. The SMILES string of the molecule is Cc1cc(-c2ccc(CC3(O)CCCCCC3)c(C(N)=O)c2)n[nH]1. The summed E-state index contributed by atoms with van der Waals surface area (Å²) in [7, 11) is 0. The lowest BCUT2D eigenvalue weighted by molar-refractivity contribution is 0.0251. The van der Waals surface area contributed by atoms with Gasteiger partial charge in [-0.05, 0) is 37.5 Å². The highest BCUT2D eigenvalue weighted by atomic mass is 16.3. The van der Waals surface area contributed by atoms with Gasteiger partial charge in [0.1, 0.15) is 0 Å². The topological polar surface area (TPSA) is 92.0 Å². The molecular weight excluding hydrogens is 302 g/mol. The molecule has 4 N–H and O–H groups in total. The quantitative estimate of drug-likeness (QED) is 0.753. The Balaban J connectivity index is 1.91. The Morgan fingerprint density at radius 1 is 1.25 bits per heavy atom. The van der Waals surface area contributed by atoms with Crippen LogP contribution in [0.15, 0.2) is 24.3 Å². The molecule has 0 atom stereocenters. The molecule has 0 spiro atoms. The zero-order chi connectivity index (χ0) is 17.2. The minimum Gasteiger partial charge on any atom is -0.390 e. The molecule has 0 aliphatic heterocycles. The van der Waals surface area contributed by atoms with E-state index in [4.69, 9.17) is 5.73 Å². The minimum absolute atomic E-state index is 0.462. The number of carbonyl (C=O) groups is 1. The van der Waals surface area contributed by atoms with Crippen molar-refractivity contribution in [3.63, 3.8) is 0 Å². The van der Waals surface area contributed by atoms with Crippen molar-refractivity contribution in [2.75, 3.05) is 0 Å². The third kappa shape index (κ3) is 3.67. The fourth-order valence-corrected chi connectivity index (χ4v) is 3.60. The molecule has 0 radical (unpaired) electrons. The van der Waals surface area contributed by atoms with Gasteiger partial charge in [-0.3, -0.25) is 9.89 Å². The van der Waals surface area contributed by atoms with E-state index in [-0.39, 0.29) is 0 Å². The van der Waals surface area contributed by atoms with Gasteiger partial charge in [0.25, 0.3) is 0 Å². The molecular formula is C19H25N3O2. The average molecular weight is 327 g/mol. The summed E-state index contributed by atoms with van der Waals surface area (Å²) in [5, 5.41) is 18.1. The summed E-state index contributed by atoms with van der Waals surface area (Å²) in [6, 6.07) is 7.56. The van der Waals surface area contributed by atoms with Gasteiger partial charge in [-0.15, -0.1) is 0 Å². The molecule has 0 saturated heterocycles. The second-order valence-corrected chi connectivity index (χ2v) is 6.99. The van der Waals surface area contributed by atoms with Crippen molar-refractivity contribution in [1.29, 1.82) is 0 Å². The summed E-state index contributed by atoms with van der Waals surface area (Å²) in [6.07, 6.45) is 6.45. The van der Waals surface area contributed by atoms with E-state index in [1.165, 1.54) is 12.8 Å². The Hall–Kier alpha value is -2.14. The smallest absolute Gasteiger partial charge is 0.249 e. The van der Waals surface area contributed by atoms with Gasteiger partial charge in [0, 0.05) is 23.2 Å². The second-order valence-electron chi connectivity index (χ2n) is 6.99. The van der Waals surface area contributed by atoms with Crippen LogP contribution < -0.4 is 5.73 Å². The molecule has 0 unspecified atom stereocenters. The molecule has 1 heterocycles. The Morgan fingerprint density at radius 3 is 2.54 bits per heavy atom. The molecule has 24 heavy (non-hydrogen) atoms. The number of amides is 1. The van der Waals surface area contributed by atoms with Crippen molar-refractivity contribution in [3.8, 4) is 11.3 Å². The van der Waals surface area contributed by atoms with Crippen molar-refractivity contribution in [1.82, 2.24) is 10.2 Å². The Morgan fingerprint density at radius 2 is 1.96 bits per heavy atom. The number of nitrogens with zero attached hydrogens (tertiary/aromatic N) is 1. The highest BCUT2D eigenvalue weighted by molar-refractivity contribution is 5.95. The van der Waals surface area contributed by atoms with Gasteiger partial charge in [-0.25, -0.2) is 0 Å². The van der Waals surface area contributed by atoms with Crippen LogP contribution in [0.3, 0.4) is 0 Å². The first-order valence-corrected chi connectivity index (χ1v) is 8.64. The number of aromatic amines is 1. The van der Waals surface area contributed by atoms with Crippen molar-refractivity contribution in [2.45, 2.75) is 57.5 Å². The maximum absolute atomic E-state index is 11.9. The number of aromatic nitrogens is 2. The normalized spacial score (nSPS) is 17.4. The predicted octanol–water partition coefficient (Wildman–Crippen LogP) is 3.11. The Kier molecular flexibility index (Phi) is 4.71. The molecule has 1 aliphatic rings. The van der Waals surface area contributed by atoms with Crippen LogP contribution in [-0.4, -0.2) is 26.8 Å². The highest BCUT2D eigenvalue weighted by Crippen LogP contribution is 2.32. The summed E-state index contributed by atoms with van der Waals surface area (Å²) in [5.74, 6) is -0.462. The molecule has 1 aromatic heterocycles. The van der Waals surface area contributed by atoms with Gasteiger partial charge in [-0.2, -0.15) is 5.10 Å². The van der Waals surface area contributed by atoms with Crippen LogP contribution in [0.25, 0.3) is 11.3 Å². The largest absolute Gasteiger partial charge is 0.390 e. The molecule has 128 valence electrons. The summed E-state index contributed by atoms with van der Waals surface area (Å²) in [6.45, 7) is 1.93. The number of aliphatic hydroxyl groups is 1. The second kappa shape index (κ2) is 6.77. The van der Waals surface area contributed by atoms with Gasteiger partial charge in [0.05, 0.1) is 11.3 Å². The van der Waals surface area contributed by atoms with Gasteiger partial charge in [-0.1, -0.05) is 37.8 Å². The van der Waals surface area contributed by atoms with Gasteiger partial charge in [0.2, 0.25) is 5.91 Å². The number of primary amides is 1. The molecule has 2 aromatic rings. The number of nitrogens with two attached hydrogens (primary N) is 1. The number of rotatable bonds is 4. The van der Waals surface area contributed by atoms with E-state index in [9.17, 15) is 9.90 Å². The zero-order valence-electron chi connectivity index (χ0n) is 14.1. The van der Waals surface area contributed by atoms with Crippen LogP contribution >= 0.6 is 0 Å². The summed E-state index contributed by atoms with van der Waals surface area (Å²) in [5.41, 5.74) is 8.76. The molecule has 1 aliphatic carbocycles. The lowest BCUT2D eigenvalue weighted by Gasteiger charge is -2.27. The number of nitrogens with one attached hydrogen (secondary N) is 1. The number of hydrogen-bond acceptors (Lipinski definition) is 3. The van der Waals surface area contributed by atoms with E-state index >= 15 is 0 Å². The molecule has 5 heteroatoms. The molecule has 1 amide bonds. The van der Waals surface area contributed by atoms with Crippen LogP contribution in [0.4, 0.5) is 0 Å². The lowest BCUT2D eigenvalue weighted by Crippen LogP contribution is -2.31. The Labute approximate surface area is 142 Å². The third-order valence-corrected chi connectivity index (χ3v) is 4.93. The maximum atomic E-state index is 11.9. The molecule has 0 bridgehead atoms. The number of H-pyrrole nitrogens is 1. The van der Waals surface area contributed by atoms with Crippen LogP contribution in [0.5, 0.6) is 0 Å². The van der Waals surface area contributed by atoms with E-state index in [0.717, 1.165) is 48.2 Å². The highest BCUT2D eigenvalue weighted by Gasteiger charge is 2.29. The van der Waals surface area contributed by atoms with Crippen LogP contribution in [0.2, 0.25) is 0 Å². The maximum Gasteiger partial charge on any atom is 0.249 e. The summed E-state index contributed by atoms with van der Waals surface area (Å²) in [4.78, 5) is 11.9. The summed E-state index contributed by atoms with van der Waals surface area (Å²) >= 11 is 0. The van der Waals surface area contributed by atoms with Gasteiger partial charge < -0.3 is 10.8 Å². The Bertz CT molecular complexity index is 728. The molecule has 1 aromatic carbocycles. The van der Waals surface area contributed by atoms with Crippen molar-refractivity contribution >= 4 is 5.91 Å². The zero-order valence-corrected chi connectivity index (χ0v) is 14.1.